The van der Waals surface area contributed by atoms with E-state index < -0.39 is 53.8 Å². The summed E-state index contributed by atoms with van der Waals surface area (Å²) in [4.78, 5) is 58.9. The zero-order valence-corrected chi connectivity index (χ0v) is 18.7. The van der Waals surface area contributed by atoms with Crippen LogP contribution in [-0.2, 0) is 24.0 Å². The Bertz CT molecular complexity index is 638. The van der Waals surface area contributed by atoms with E-state index >= 15 is 0 Å². The van der Waals surface area contributed by atoms with Gasteiger partial charge in [0.2, 0.25) is 17.7 Å². The van der Waals surface area contributed by atoms with Gasteiger partial charge in [-0.15, -0.1) is 0 Å². The van der Waals surface area contributed by atoms with Crippen LogP contribution in [0.25, 0.3) is 0 Å². The van der Waals surface area contributed by atoms with Crippen molar-refractivity contribution in [3.05, 3.63) is 0 Å². The van der Waals surface area contributed by atoms with Gasteiger partial charge in [0.1, 0.15) is 18.1 Å². The highest BCUT2D eigenvalue weighted by Crippen LogP contribution is 2.04. The number of unbranched alkanes of at least 4 members (excludes halogenated alkanes) is 1. The summed E-state index contributed by atoms with van der Waals surface area (Å²) in [6, 6.07) is -4.59. The number of thiol groups is 2. The van der Waals surface area contributed by atoms with Crippen molar-refractivity contribution in [3.8, 4) is 0 Å². The number of amides is 3. The Balaban J connectivity index is 5.15. The minimum atomic E-state index is -1.28. The summed E-state index contributed by atoms with van der Waals surface area (Å²) in [6.45, 7) is 0.377. The number of carboxylic acid groups (broad SMARTS) is 2. The van der Waals surface area contributed by atoms with E-state index in [-0.39, 0.29) is 30.8 Å². The normalized spacial score (nSPS) is 14.6. The second-order valence-electron chi connectivity index (χ2n) is 6.71. The standard InChI is InChI=1S/C17H31N5O7S2/c18-6-2-1-3-10(20-14(25)9(19)4-5-13(23)24)15(26)21-11(7-30)16(27)22-12(8-31)17(28)29/h9-12,30-31H,1-8,18-19H2,(H,20,25)(H,21,26)(H,22,27)(H,23,24)(H,28,29). The SMILES string of the molecule is NCCCCC(NC(=O)C(N)CCC(=O)O)C(=O)NC(CS)C(=O)NC(CS)C(=O)O. The highest BCUT2D eigenvalue weighted by molar-refractivity contribution is 7.80. The average molecular weight is 482 g/mol. The largest absolute Gasteiger partial charge is 0.481 e. The summed E-state index contributed by atoms with van der Waals surface area (Å²) < 4.78 is 0. The van der Waals surface area contributed by atoms with Gasteiger partial charge in [-0.1, -0.05) is 0 Å². The van der Waals surface area contributed by atoms with Gasteiger partial charge in [0.15, 0.2) is 0 Å². The van der Waals surface area contributed by atoms with Crippen molar-refractivity contribution in [2.24, 2.45) is 11.5 Å². The maximum atomic E-state index is 12.7. The molecule has 12 nitrogen and oxygen atoms in total. The van der Waals surface area contributed by atoms with Gasteiger partial charge >= 0.3 is 11.9 Å². The molecule has 178 valence electrons. The average Bonchev–Trinajstić information content (AvgIpc) is 2.72. The first kappa shape index (κ1) is 29.0. The minimum absolute atomic E-state index is 0.111. The molecule has 4 atom stereocenters. The first-order valence-corrected chi connectivity index (χ1v) is 10.9. The fraction of sp³-hybridized carbons (Fsp3) is 0.706. The van der Waals surface area contributed by atoms with Crippen molar-refractivity contribution in [2.45, 2.75) is 56.3 Å². The molecule has 0 aromatic rings. The van der Waals surface area contributed by atoms with Crippen molar-refractivity contribution in [1.82, 2.24) is 16.0 Å². The molecule has 0 rings (SSSR count). The van der Waals surface area contributed by atoms with Crippen LogP contribution in [0.4, 0.5) is 0 Å². The Kier molecular flexibility index (Phi) is 14.7. The molecule has 0 aliphatic rings. The highest BCUT2D eigenvalue weighted by atomic mass is 32.1. The number of carbonyl (C=O) groups excluding carboxylic acids is 3. The summed E-state index contributed by atoms with van der Waals surface area (Å²) in [6.07, 6.45) is 0.869. The number of rotatable bonds is 16. The van der Waals surface area contributed by atoms with Crippen LogP contribution in [0.5, 0.6) is 0 Å². The molecular weight excluding hydrogens is 450 g/mol. The Morgan fingerprint density at radius 2 is 1.29 bits per heavy atom. The van der Waals surface area contributed by atoms with E-state index in [0.29, 0.717) is 19.4 Å². The molecule has 0 bridgehead atoms. The third-order valence-electron chi connectivity index (χ3n) is 4.20. The van der Waals surface area contributed by atoms with Crippen LogP contribution in [0.15, 0.2) is 0 Å². The van der Waals surface area contributed by atoms with Gasteiger partial charge in [0.25, 0.3) is 0 Å². The van der Waals surface area contributed by atoms with Crippen LogP contribution in [-0.4, -0.2) is 82.1 Å². The van der Waals surface area contributed by atoms with Crippen molar-refractivity contribution in [1.29, 1.82) is 0 Å². The molecule has 0 aliphatic carbocycles. The zero-order chi connectivity index (χ0) is 24.0. The summed E-state index contributed by atoms with van der Waals surface area (Å²) in [5.74, 6) is -4.84. The highest BCUT2D eigenvalue weighted by Gasteiger charge is 2.29. The Labute approximate surface area is 191 Å². The summed E-state index contributed by atoms with van der Waals surface area (Å²) in [5.41, 5.74) is 11.1. The predicted octanol–water partition coefficient (Wildman–Crippen LogP) is -2.29. The van der Waals surface area contributed by atoms with Gasteiger partial charge in [-0.3, -0.25) is 19.2 Å². The molecule has 0 radical (unpaired) electrons. The summed E-state index contributed by atoms with van der Waals surface area (Å²) >= 11 is 7.87. The lowest BCUT2D eigenvalue weighted by molar-refractivity contribution is -0.141. The van der Waals surface area contributed by atoms with E-state index in [4.69, 9.17) is 21.7 Å². The number of carbonyl (C=O) groups is 5. The maximum absolute atomic E-state index is 12.7. The van der Waals surface area contributed by atoms with E-state index in [1.165, 1.54) is 0 Å². The molecule has 0 aliphatic heterocycles. The summed E-state index contributed by atoms with van der Waals surface area (Å²) in [5, 5.41) is 24.9. The molecule has 0 spiro atoms. The molecular formula is C17H31N5O7S2. The van der Waals surface area contributed by atoms with Crippen LogP contribution in [0.1, 0.15) is 32.1 Å². The molecule has 0 aromatic heterocycles. The Morgan fingerprint density at radius 3 is 1.77 bits per heavy atom. The second kappa shape index (κ2) is 15.7. The van der Waals surface area contributed by atoms with E-state index in [9.17, 15) is 24.0 Å². The fourth-order valence-corrected chi connectivity index (χ4v) is 2.88. The smallest absolute Gasteiger partial charge is 0.327 e. The van der Waals surface area contributed by atoms with Gasteiger partial charge < -0.3 is 37.6 Å². The van der Waals surface area contributed by atoms with Crippen molar-refractivity contribution >= 4 is 54.9 Å². The zero-order valence-electron chi connectivity index (χ0n) is 17.0. The summed E-state index contributed by atoms with van der Waals surface area (Å²) in [7, 11) is 0. The van der Waals surface area contributed by atoms with Gasteiger partial charge in [0, 0.05) is 17.9 Å². The van der Waals surface area contributed by atoms with Crippen LogP contribution >= 0.6 is 25.3 Å². The van der Waals surface area contributed by atoms with E-state index in [2.05, 4.69) is 41.2 Å². The fourth-order valence-electron chi connectivity index (χ4n) is 2.37. The number of aliphatic carboxylic acids is 2. The first-order chi connectivity index (χ1) is 14.6. The lowest BCUT2D eigenvalue weighted by atomic mass is 10.1. The van der Waals surface area contributed by atoms with Crippen molar-refractivity contribution in [2.75, 3.05) is 18.1 Å². The number of hydrogen-bond donors (Lipinski definition) is 9. The van der Waals surface area contributed by atoms with Crippen molar-refractivity contribution < 1.29 is 34.2 Å². The molecule has 4 unspecified atom stereocenters. The topological polar surface area (TPSA) is 214 Å². The van der Waals surface area contributed by atoms with Gasteiger partial charge in [-0.2, -0.15) is 25.3 Å². The molecule has 0 heterocycles. The molecule has 31 heavy (non-hydrogen) atoms. The van der Waals surface area contributed by atoms with Gasteiger partial charge in [-0.25, -0.2) is 4.79 Å². The molecule has 9 N–H and O–H groups in total. The quantitative estimate of drug-likeness (QED) is 0.0855. The molecule has 3 amide bonds. The predicted molar refractivity (Wildman–Crippen MR) is 119 cm³/mol. The second-order valence-corrected chi connectivity index (χ2v) is 7.44. The van der Waals surface area contributed by atoms with Crippen LogP contribution < -0.4 is 27.4 Å². The third-order valence-corrected chi connectivity index (χ3v) is 4.93. The molecule has 0 saturated heterocycles. The van der Waals surface area contributed by atoms with Crippen molar-refractivity contribution in [3.63, 3.8) is 0 Å². The van der Waals surface area contributed by atoms with E-state index in [1.807, 2.05) is 0 Å². The number of hydrogen-bond acceptors (Lipinski definition) is 9. The van der Waals surface area contributed by atoms with E-state index in [0.717, 1.165) is 0 Å². The van der Waals surface area contributed by atoms with Gasteiger partial charge in [0.05, 0.1) is 6.04 Å². The first-order valence-electron chi connectivity index (χ1n) is 9.60. The lowest BCUT2D eigenvalue weighted by Crippen LogP contribution is -2.57. The number of carboxylic acids is 2. The molecule has 14 heteroatoms. The molecule has 0 saturated carbocycles. The monoisotopic (exact) mass is 481 g/mol. The van der Waals surface area contributed by atoms with Crippen LogP contribution in [0.3, 0.4) is 0 Å². The van der Waals surface area contributed by atoms with Crippen LogP contribution in [0, 0.1) is 0 Å². The molecule has 0 fully saturated rings. The lowest BCUT2D eigenvalue weighted by Gasteiger charge is -2.24. The van der Waals surface area contributed by atoms with Crippen LogP contribution in [0.2, 0.25) is 0 Å². The third kappa shape index (κ3) is 11.8. The van der Waals surface area contributed by atoms with Gasteiger partial charge in [-0.05, 0) is 32.2 Å². The van der Waals surface area contributed by atoms with E-state index in [1.54, 1.807) is 0 Å². The minimum Gasteiger partial charge on any atom is -0.481 e. The Hall–Kier alpha value is -2.03. The molecule has 0 aromatic carbocycles. The number of nitrogens with one attached hydrogen (secondary N) is 3. The Morgan fingerprint density at radius 1 is 0.774 bits per heavy atom. The number of nitrogens with two attached hydrogens (primary N) is 2. The maximum Gasteiger partial charge on any atom is 0.327 e.